The Labute approximate surface area is 247 Å². The maximum atomic E-state index is 4.69. The fraction of sp³-hybridized carbons (Fsp3) is 0.429. The number of likely N-dealkylation sites (tertiary alicyclic amines) is 1. The molecule has 2 aromatic rings. The van der Waals surface area contributed by atoms with Crippen molar-refractivity contribution in [1.82, 2.24) is 19.4 Å². The van der Waals surface area contributed by atoms with E-state index >= 15 is 0 Å². The zero-order chi connectivity index (χ0) is 29.1. The van der Waals surface area contributed by atoms with Crippen LogP contribution < -0.4 is 5.32 Å². The molecular weight excluding hydrogens is 508 g/mol. The van der Waals surface area contributed by atoms with Gasteiger partial charge in [-0.25, -0.2) is 0 Å². The number of hydrogen-bond acceptors (Lipinski definition) is 5. The lowest BCUT2D eigenvalue weighted by molar-refractivity contribution is 0.206. The van der Waals surface area contributed by atoms with Crippen molar-refractivity contribution >= 4 is 23.3 Å². The third-order valence-electron chi connectivity index (χ3n) is 8.42. The predicted molar refractivity (Wildman–Crippen MR) is 175 cm³/mol. The molecule has 4 nitrogen and oxygen atoms in total. The number of rotatable bonds is 10. The summed E-state index contributed by atoms with van der Waals surface area (Å²) in [7, 11) is 0. The third kappa shape index (κ3) is 5.72. The molecule has 214 valence electrons. The van der Waals surface area contributed by atoms with E-state index in [-0.39, 0.29) is 18.1 Å². The number of nitrogens with one attached hydrogen (secondary N) is 1. The largest absolute Gasteiger partial charge is 0.381 e. The summed E-state index contributed by atoms with van der Waals surface area (Å²) in [6.07, 6.45) is 4.37. The predicted octanol–water partition coefficient (Wildman–Crippen LogP) is 8.65. The Bertz CT molecular complexity index is 1270. The molecule has 3 aliphatic heterocycles. The van der Waals surface area contributed by atoms with Crippen LogP contribution >= 0.6 is 11.9 Å². The van der Waals surface area contributed by atoms with Gasteiger partial charge in [-0.2, -0.15) is 0 Å². The topological polar surface area (TPSA) is 21.5 Å². The van der Waals surface area contributed by atoms with Gasteiger partial charge in [-0.05, 0) is 55.7 Å². The van der Waals surface area contributed by atoms with E-state index in [0.29, 0.717) is 5.92 Å². The summed E-state index contributed by atoms with van der Waals surface area (Å²) in [5.41, 5.74) is 11.3. The van der Waals surface area contributed by atoms with Crippen LogP contribution in [-0.4, -0.2) is 39.0 Å². The van der Waals surface area contributed by atoms with E-state index in [1.165, 1.54) is 39.3 Å². The van der Waals surface area contributed by atoms with Crippen LogP contribution in [0.2, 0.25) is 0 Å². The minimum Gasteiger partial charge on any atom is -0.381 e. The van der Waals surface area contributed by atoms with E-state index in [1.807, 2.05) is 13.8 Å². The van der Waals surface area contributed by atoms with Crippen molar-refractivity contribution in [1.29, 1.82) is 0 Å². The van der Waals surface area contributed by atoms with Gasteiger partial charge in [0.2, 0.25) is 0 Å². The molecule has 1 fully saturated rings. The Morgan fingerprint density at radius 1 is 1.02 bits per heavy atom. The highest BCUT2D eigenvalue weighted by molar-refractivity contribution is 7.97. The summed E-state index contributed by atoms with van der Waals surface area (Å²) < 4.78 is 2.28. The highest BCUT2D eigenvalue weighted by Gasteiger charge is 2.37. The fourth-order valence-electron chi connectivity index (χ4n) is 6.38. The number of nitrogens with zero attached hydrogens (tertiary/aromatic N) is 3. The summed E-state index contributed by atoms with van der Waals surface area (Å²) in [5.74, 6) is 0.417. The molecule has 0 aromatic heterocycles. The Kier molecular flexibility index (Phi) is 9.45. The van der Waals surface area contributed by atoms with Crippen LogP contribution in [0.3, 0.4) is 0 Å². The van der Waals surface area contributed by atoms with Crippen molar-refractivity contribution in [2.75, 3.05) is 12.8 Å². The molecule has 0 radical (unpaired) electrons. The first-order valence-corrected chi connectivity index (χ1v) is 16.0. The lowest BCUT2D eigenvalue weighted by Gasteiger charge is -2.41. The number of allylic oxidation sites excluding steroid dienone is 1. The smallest absolute Gasteiger partial charge is 0.0796 e. The van der Waals surface area contributed by atoms with Gasteiger partial charge in [0.05, 0.1) is 23.5 Å². The monoisotopic (exact) mass is 556 g/mol. The van der Waals surface area contributed by atoms with Gasteiger partial charge in [-0.3, -0.25) is 4.31 Å². The Morgan fingerprint density at radius 2 is 1.70 bits per heavy atom. The molecular formula is C35H48N4S. The number of hydrogen-bond donors (Lipinski definition) is 1. The van der Waals surface area contributed by atoms with Gasteiger partial charge in [-0.1, -0.05) is 96.0 Å². The van der Waals surface area contributed by atoms with Crippen molar-refractivity contribution < 1.29 is 0 Å². The van der Waals surface area contributed by atoms with Gasteiger partial charge >= 0.3 is 0 Å². The molecule has 2 aromatic carbocycles. The molecule has 0 spiro atoms. The summed E-state index contributed by atoms with van der Waals surface area (Å²) in [5, 5.41) is 3.74. The number of fused-ring (bicyclic) bond motifs is 1. The second-order valence-corrected chi connectivity index (χ2v) is 11.9. The molecule has 5 heteroatoms. The molecule has 5 rings (SSSR count). The molecule has 1 N–H and O–H groups in total. The second-order valence-electron chi connectivity index (χ2n) is 11.2. The van der Waals surface area contributed by atoms with E-state index in [9.17, 15) is 0 Å². The first-order valence-electron chi connectivity index (χ1n) is 14.8. The lowest BCUT2D eigenvalue weighted by atomic mass is 9.97. The average Bonchev–Trinajstić information content (AvgIpc) is 3.25. The van der Waals surface area contributed by atoms with Gasteiger partial charge in [0, 0.05) is 53.6 Å². The normalized spacial score (nSPS) is 19.4. The standard InChI is InChI=1S/C33H42N4S.C2H6/c1-21(2)32(36-20-29-12-9-10-13-30(29)24(36)5)25(6)35-19-11-14-31(35)23(4)34-22(3)27-15-17-28(18-16-27)33-26(7)37(33)38-8;1-2/h9-10,12-13,15-18,21-22,31-32,34H,4-6,11,14,19-20H2,1-3,7-8H3;1-2H3. The zero-order valence-electron chi connectivity index (χ0n) is 25.6. The molecule has 3 unspecified atom stereocenters. The lowest BCUT2D eigenvalue weighted by Crippen LogP contribution is -2.45. The summed E-state index contributed by atoms with van der Waals surface area (Å²) in [6.45, 7) is 28.6. The van der Waals surface area contributed by atoms with Gasteiger partial charge in [-0.15, -0.1) is 0 Å². The highest BCUT2D eigenvalue weighted by Crippen LogP contribution is 2.45. The molecule has 0 amide bonds. The second kappa shape index (κ2) is 12.6. The summed E-state index contributed by atoms with van der Waals surface area (Å²) in [4.78, 5) is 4.97. The van der Waals surface area contributed by atoms with E-state index in [4.69, 9.17) is 0 Å². The van der Waals surface area contributed by atoms with E-state index in [1.54, 1.807) is 11.9 Å². The molecule has 40 heavy (non-hydrogen) atoms. The number of benzene rings is 2. The van der Waals surface area contributed by atoms with Crippen LogP contribution in [0.4, 0.5) is 0 Å². The molecule has 3 heterocycles. The fourth-order valence-corrected chi connectivity index (χ4v) is 7.12. The van der Waals surface area contributed by atoms with Crippen LogP contribution in [0.25, 0.3) is 11.4 Å². The van der Waals surface area contributed by atoms with Crippen molar-refractivity contribution in [2.45, 2.75) is 79.1 Å². The Balaban J connectivity index is 0.00000181. The summed E-state index contributed by atoms with van der Waals surface area (Å²) >= 11 is 1.76. The molecule has 3 aliphatic rings. The van der Waals surface area contributed by atoms with E-state index in [0.717, 1.165) is 37.3 Å². The van der Waals surface area contributed by atoms with Crippen molar-refractivity contribution in [3.63, 3.8) is 0 Å². The maximum Gasteiger partial charge on any atom is 0.0796 e. The molecule has 0 bridgehead atoms. The Hall–Kier alpha value is -3.05. The van der Waals surface area contributed by atoms with Gasteiger partial charge in [0.1, 0.15) is 0 Å². The van der Waals surface area contributed by atoms with E-state index < -0.39 is 0 Å². The molecule has 1 saturated heterocycles. The third-order valence-corrected chi connectivity index (χ3v) is 9.24. The van der Waals surface area contributed by atoms with Gasteiger partial charge in [0.15, 0.2) is 0 Å². The van der Waals surface area contributed by atoms with Crippen LogP contribution in [0, 0.1) is 5.92 Å². The van der Waals surface area contributed by atoms with Crippen LogP contribution in [0.5, 0.6) is 0 Å². The molecule has 0 aliphatic carbocycles. The SMILES string of the molecule is C=C(NC(C)c1ccc(C2=C(C)N2SC)cc1)C1CCCN1C(=C)C(C(C)C)N1Cc2ccccc2C1=C.CC. The van der Waals surface area contributed by atoms with Crippen molar-refractivity contribution in [3.05, 3.63) is 108 Å². The summed E-state index contributed by atoms with van der Waals surface area (Å²) in [6, 6.07) is 18.3. The average molecular weight is 557 g/mol. The van der Waals surface area contributed by atoms with E-state index in [2.05, 4.69) is 122 Å². The van der Waals surface area contributed by atoms with Crippen LogP contribution in [0.1, 0.15) is 82.7 Å². The highest BCUT2D eigenvalue weighted by atomic mass is 32.2. The molecule has 3 atom stereocenters. The minimum absolute atomic E-state index is 0.187. The van der Waals surface area contributed by atoms with Gasteiger partial charge in [0.25, 0.3) is 0 Å². The first-order chi connectivity index (χ1) is 19.2. The van der Waals surface area contributed by atoms with Crippen molar-refractivity contribution in [2.24, 2.45) is 5.92 Å². The quantitative estimate of drug-likeness (QED) is 0.295. The Morgan fingerprint density at radius 3 is 2.30 bits per heavy atom. The molecule has 0 saturated carbocycles. The maximum absolute atomic E-state index is 4.69. The van der Waals surface area contributed by atoms with Crippen LogP contribution in [0.15, 0.2) is 85.4 Å². The van der Waals surface area contributed by atoms with Crippen LogP contribution in [-0.2, 0) is 6.54 Å². The minimum atomic E-state index is 0.187. The zero-order valence-corrected chi connectivity index (χ0v) is 26.4. The first kappa shape index (κ1) is 29.9. The van der Waals surface area contributed by atoms with Gasteiger partial charge < -0.3 is 15.1 Å². The van der Waals surface area contributed by atoms with Crippen molar-refractivity contribution in [3.8, 4) is 0 Å².